The van der Waals surface area contributed by atoms with E-state index >= 15 is 0 Å². The van der Waals surface area contributed by atoms with Gasteiger partial charge in [0.1, 0.15) is 0 Å². The van der Waals surface area contributed by atoms with Gasteiger partial charge in [0.2, 0.25) is 5.89 Å². The molecule has 0 aliphatic heterocycles. The lowest BCUT2D eigenvalue weighted by molar-refractivity contribution is 0.466. The number of halogens is 1. The van der Waals surface area contributed by atoms with Crippen molar-refractivity contribution in [2.75, 3.05) is 0 Å². The number of rotatable bonds is 4. The molecule has 0 aliphatic carbocycles. The van der Waals surface area contributed by atoms with Crippen LogP contribution in [0, 0.1) is 13.8 Å². The molecule has 0 aliphatic rings. The second-order valence-electron chi connectivity index (χ2n) is 5.09. The molecule has 0 radical (unpaired) electrons. The zero-order valence-corrected chi connectivity index (χ0v) is 13.9. The fourth-order valence-electron chi connectivity index (χ4n) is 2.03. The number of aryl methyl sites for hydroxylation is 2. The molecule has 3 rings (SSSR count). The molecular formula is C17H15ClN2OS. The standard InChI is InChI=1S/C17H15ClN2OS/c1-11-6-7-14(8-12(11)2)16-19-20-17(21-16)22-10-13-4-3-5-15(18)9-13/h3-9H,10H2,1-2H3. The van der Waals surface area contributed by atoms with Crippen molar-refractivity contribution in [1.29, 1.82) is 0 Å². The Morgan fingerprint density at radius 3 is 2.68 bits per heavy atom. The highest BCUT2D eigenvalue weighted by molar-refractivity contribution is 7.98. The van der Waals surface area contributed by atoms with Gasteiger partial charge in [0, 0.05) is 16.3 Å². The predicted molar refractivity (Wildman–Crippen MR) is 90.2 cm³/mol. The van der Waals surface area contributed by atoms with Gasteiger partial charge in [-0.05, 0) is 54.8 Å². The van der Waals surface area contributed by atoms with Crippen LogP contribution in [-0.4, -0.2) is 10.2 Å². The zero-order chi connectivity index (χ0) is 15.5. The maximum absolute atomic E-state index is 5.98. The molecule has 0 N–H and O–H groups in total. The highest BCUT2D eigenvalue weighted by Crippen LogP contribution is 2.27. The van der Waals surface area contributed by atoms with Crippen LogP contribution in [0.4, 0.5) is 0 Å². The largest absolute Gasteiger partial charge is 0.411 e. The summed E-state index contributed by atoms with van der Waals surface area (Å²) in [4.78, 5) is 0. The van der Waals surface area contributed by atoms with Crippen molar-refractivity contribution < 1.29 is 4.42 Å². The maximum Gasteiger partial charge on any atom is 0.277 e. The van der Waals surface area contributed by atoms with Crippen LogP contribution >= 0.6 is 23.4 Å². The van der Waals surface area contributed by atoms with Crippen LogP contribution in [0.2, 0.25) is 5.02 Å². The molecule has 112 valence electrons. The number of thioether (sulfide) groups is 1. The summed E-state index contributed by atoms with van der Waals surface area (Å²) in [6.45, 7) is 4.16. The summed E-state index contributed by atoms with van der Waals surface area (Å²) in [6, 6.07) is 13.9. The smallest absolute Gasteiger partial charge is 0.277 e. The van der Waals surface area contributed by atoms with Crippen molar-refractivity contribution in [3.63, 3.8) is 0 Å². The van der Waals surface area contributed by atoms with Gasteiger partial charge in [-0.15, -0.1) is 10.2 Å². The molecule has 3 aromatic rings. The van der Waals surface area contributed by atoms with E-state index < -0.39 is 0 Å². The molecule has 0 spiro atoms. The highest BCUT2D eigenvalue weighted by Gasteiger charge is 2.10. The Bertz CT molecular complexity index is 801. The van der Waals surface area contributed by atoms with Gasteiger partial charge in [-0.1, -0.05) is 41.6 Å². The fourth-order valence-corrected chi connectivity index (χ4v) is 2.95. The van der Waals surface area contributed by atoms with Gasteiger partial charge in [0.15, 0.2) is 0 Å². The van der Waals surface area contributed by atoms with Crippen LogP contribution in [0.25, 0.3) is 11.5 Å². The van der Waals surface area contributed by atoms with E-state index in [1.807, 2.05) is 30.3 Å². The summed E-state index contributed by atoms with van der Waals surface area (Å²) in [6.07, 6.45) is 0. The van der Waals surface area contributed by atoms with Gasteiger partial charge in [-0.25, -0.2) is 0 Å². The molecule has 5 heteroatoms. The van der Waals surface area contributed by atoms with Crippen LogP contribution in [0.5, 0.6) is 0 Å². The Morgan fingerprint density at radius 1 is 1.05 bits per heavy atom. The van der Waals surface area contributed by atoms with E-state index in [4.69, 9.17) is 16.0 Å². The van der Waals surface area contributed by atoms with Crippen molar-refractivity contribution in [2.24, 2.45) is 0 Å². The van der Waals surface area contributed by atoms with E-state index in [2.05, 4.69) is 36.2 Å². The normalized spacial score (nSPS) is 10.9. The van der Waals surface area contributed by atoms with Gasteiger partial charge >= 0.3 is 0 Å². The average molecular weight is 331 g/mol. The molecule has 0 saturated heterocycles. The van der Waals surface area contributed by atoms with E-state index in [0.717, 1.165) is 21.9 Å². The first-order valence-electron chi connectivity index (χ1n) is 6.90. The minimum absolute atomic E-state index is 0.552. The molecule has 0 atom stereocenters. The summed E-state index contributed by atoms with van der Waals surface area (Å²) in [5, 5.41) is 9.52. The van der Waals surface area contributed by atoms with E-state index in [9.17, 15) is 0 Å². The van der Waals surface area contributed by atoms with E-state index in [-0.39, 0.29) is 0 Å². The van der Waals surface area contributed by atoms with E-state index in [1.54, 1.807) is 0 Å². The number of benzene rings is 2. The summed E-state index contributed by atoms with van der Waals surface area (Å²) >= 11 is 7.48. The second kappa shape index (κ2) is 6.55. The van der Waals surface area contributed by atoms with Gasteiger partial charge < -0.3 is 4.42 Å². The van der Waals surface area contributed by atoms with Crippen LogP contribution in [-0.2, 0) is 5.75 Å². The highest BCUT2D eigenvalue weighted by atomic mass is 35.5. The second-order valence-corrected chi connectivity index (χ2v) is 6.45. The Kier molecular flexibility index (Phi) is 4.50. The molecule has 1 aromatic heterocycles. The molecule has 22 heavy (non-hydrogen) atoms. The molecule has 1 heterocycles. The fraction of sp³-hybridized carbons (Fsp3) is 0.176. The molecule has 2 aromatic carbocycles. The predicted octanol–water partition coefficient (Wildman–Crippen LogP) is 5.30. The average Bonchev–Trinajstić information content (AvgIpc) is 2.97. The van der Waals surface area contributed by atoms with E-state index in [1.165, 1.54) is 22.9 Å². The number of aromatic nitrogens is 2. The Morgan fingerprint density at radius 2 is 1.91 bits per heavy atom. The van der Waals surface area contributed by atoms with Crippen molar-refractivity contribution in [3.05, 3.63) is 64.2 Å². The molecule has 0 bridgehead atoms. The van der Waals surface area contributed by atoms with Crippen molar-refractivity contribution in [2.45, 2.75) is 24.8 Å². The number of hydrogen-bond donors (Lipinski definition) is 0. The first-order chi connectivity index (χ1) is 10.6. The summed E-state index contributed by atoms with van der Waals surface area (Å²) in [5.74, 6) is 1.30. The van der Waals surface area contributed by atoms with Crippen LogP contribution in [0.1, 0.15) is 16.7 Å². The third-order valence-electron chi connectivity index (χ3n) is 3.41. The Hall–Kier alpha value is -1.78. The Balaban J connectivity index is 1.72. The summed E-state index contributed by atoms with van der Waals surface area (Å²) in [7, 11) is 0. The molecule has 3 nitrogen and oxygen atoms in total. The quantitative estimate of drug-likeness (QED) is 0.608. The summed E-state index contributed by atoms with van der Waals surface area (Å²) < 4.78 is 5.72. The zero-order valence-electron chi connectivity index (χ0n) is 12.3. The van der Waals surface area contributed by atoms with Crippen molar-refractivity contribution in [1.82, 2.24) is 10.2 Å². The van der Waals surface area contributed by atoms with Gasteiger partial charge in [-0.2, -0.15) is 0 Å². The Labute approximate surface area is 138 Å². The van der Waals surface area contributed by atoms with Crippen LogP contribution in [0.15, 0.2) is 52.1 Å². The number of hydrogen-bond acceptors (Lipinski definition) is 4. The van der Waals surface area contributed by atoms with Crippen LogP contribution in [0.3, 0.4) is 0 Å². The van der Waals surface area contributed by atoms with Crippen LogP contribution < -0.4 is 0 Å². The van der Waals surface area contributed by atoms with Gasteiger partial charge in [-0.3, -0.25) is 0 Å². The van der Waals surface area contributed by atoms with Gasteiger partial charge in [0.25, 0.3) is 5.22 Å². The van der Waals surface area contributed by atoms with Gasteiger partial charge in [0.05, 0.1) is 0 Å². The lowest BCUT2D eigenvalue weighted by atomic mass is 10.1. The first kappa shape index (κ1) is 15.1. The van der Waals surface area contributed by atoms with Crippen molar-refractivity contribution in [3.8, 4) is 11.5 Å². The minimum atomic E-state index is 0.552. The van der Waals surface area contributed by atoms with Crippen molar-refractivity contribution >= 4 is 23.4 Å². The summed E-state index contributed by atoms with van der Waals surface area (Å²) in [5.41, 5.74) is 4.54. The molecule has 0 amide bonds. The lowest BCUT2D eigenvalue weighted by Crippen LogP contribution is -1.83. The monoisotopic (exact) mass is 330 g/mol. The maximum atomic E-state index is 5.98. The minimum Gasteiger partial charge on any atom is -0.411 e. The third kappa shape index (κ3) is 3.51. The molecule has 0 fully saturated rings. The number of nitrogens with zero attached hydrogens (tertiary/aromatic N) is 2. The molecular weight excluding hydrogens is 316 g/mol. The lowest BCUT2D eigenvalue weighted by Gasteiger charge is -2.01. The van der Waals surface area contributed by atoms with E-state index in [0.29, 0.717) is 11.1 Å². The molecule has 0 unspecified atom stereocenters. The molecule has 0 saturated carbocycles. The SMILES string of the molecule is Cc1ccc(-c2nnc(SCc3cccc(Cl)c3)o2)cc1C. The topological polar surface area (TPSA) is 38.9 Å². The third-order valence-corrected chi connectivity index (χ3v) is 4.54. The first-order valence-corrected chi connectivity index (χ1v) is 8.26.